The average molecular weight is 528 g/mol. The molecule has 0 spiro atoms. The summed E-state index contributed by atoms with van der Waals surface area (Å²) < 4.78 is 5.97. The summed E-state index contributed by atoms with van der Waals surface area (Å²) in [5.74, 6) is 1.28. The Morgan fingerprint density at radius 3 is 2.53 bits per heavy atom. The summed E-state index contributed by atoms with van der Waals surface area (Å²) >= 11 is 1.31. The summed E-state index contributed by atoms with van der Waals surface area (Å²) in [7, 11) is 1.98. The van der Waals surface area contributed by atoms with Gasteiger partial charge in [0.25, 0.3) is 5.91 Å². The number of thiophene rings is 1. The number of hydrogen-bond donors (Lipinski definition) is 3. The minimum absolute atomic E-state index is 0.131. The van der Waals surface area contributed by atoms with E-state index >= 15 is 0 Å². The standard InChI is InChI=1S/C29H29N5O3S/c1-17-16-21(37-20-6-4-3-5-7-20)12-13-22(17)34-23-14-15-31-28-24(23)25(33-29(34)36)26(38-28)27(35)32-19-10-8-18(30-2)9-11-19/h3-7,12-16,18-19,30H,8-11H2,1-2H3,(H,32,35)(H,33,36). The largest absolute Gasteiger partial charge is 0.457 e. The number of nitrogens with one attached hydrogen (secondary N) is 3. The first kappa shape index (κ1) is 24.4. The topological polar surface area (TPSA) is 95.6 Å². The molecule has 0 saturated heterocycles. The number of aryl methyl sites for hydroxylation is 1. The van der Waals surface area contributed by atoms with E-state index in [0.29, 0.717) is 32.9 Å². The predicted octanol–water partition coefficient (Wildman–Crippen LogP) is 6.34. The third kappa shape index (κ3) is 4.48. The van der Waals surface area contributed by atoms with Crippen molar-refractivity contribution in [2.75, 3.05) is 17.3 Å². The highest BCUT2D eigenvalue weighted by molar-refractivity contribution is 7.21. The second-order valence-electron chi connectivity index (χ2n) is 9.76. The van der Waals surface area contributed by atoms with Gasteiger partial charge in [0.15, 0.2) is 0 Å². The van der Waals surface area contributed by atoms with Crippen LogP contribution in [0.15, 0.2) is 60.8 Å². The van der Waals surface area contributed by atoms with Gasteiger partial charge in [-0.3, -0.25) is 9.69 Å². The Hall–Kier alpha value is -3.95. The number of benzene rings is 2. The fraction of sp³-hybridized carbons (Fsp3) is 0.276. The van der Waals surface area contributed by atoms with Gasteiger partial charge in [0.2, 0.25) is 0 Å². The molecule has 0 atom stereocenters. The number of carbonyl (C=O) groups is 2. The van der Waals surface area contributed by atoms with Crippen LogP contribution in [0.5, 0.6) is 11.5 Å². The Bertz CT molecular complexity index is 1510. The molecule has 6 rings (SSSR count). The lowest BCUT2D eigenvalue weighted by Crippen LogP contribution is -2.41. The summed E-state index contributed by atoms with van der Waals surface area (Å²) in [5.41, 5.74) is 2.86. The van der Waals surface area contributed by atoms with Crippen molar-refractivity contribution in [3.63, 3.8) is 0 Å². The molecule has 2 aromatic carbocycles. The molecule has 1 aliphatic carbocycles. The Morgan fingerprint density at radius 1 is 1.03 bits per heavy atom. The van der Waals surface area contributed by atoms with Crippen LogP contribution < -0.4 is 25.6 Å². The molecule has 1 saturated carbocycles. The van der Waals surface area contributed by atoms with Gasteiger partial charge in [-0.25, -0.2) is 9.78 Å². The van der Waals surface area contributed by atoms with Crippen molar-refractivity contribution >= 4 is 50.6 Å². The molecule has 194 valence electrons. The fourth-order valence-electron chi connectivity index (χ4n) is 5.33. The highest BCUT2D eigenvalue weighted by Crippen LogP contribution is 2.46. The quantitative estimate of drug-likeness (QED) is 0.272. The molecule has 1 fully saturated rings. The molecule has 0 unspecified atom stereocenters. The summed E-state index contributed by atoms with van der Waals surface area (Å²) in [5, 5.41) is 10.3. The number of amides is 3. The van der Waals surface area contributed by atoms with Gasteiger partial charge in [-0.1, -0.05) is 18.2 Å². The van der Waals surface area contributed by atoms with E-state index in [1.807, 2.05) is 68.6 Å². The summed E-state index contributed by atoms with van der Waals surface area (Å²) in [6.45, 7) is 1.95. The van der Waals surface area contributed by atoms with Crippen molar-refractivity contribution in [2.45, 2.75) is 44.7 Å². The molecule has 0 bridgehead atoms. The van der Waals surface area contributed by atoms with Gasteiger partial charge in [-0.2, -0.15) is 0 Å². The Kier molecular flexibility index (Phi) is 6.47. The number of nitrogens with zero attached hydrogens (tertiary/aromatic N) is 2. The summed E-state index contributed by atoms with van der Waals surface area (Å²) in [4.78, 5) is 34.2. The molecule has 8 nitrogen and oxygen atoms in total. The first-order valence-electron chi connectivity index (χ1n) is 12.9. The molecular formula is C29H29N5O3S. The lowest BCUT2D eigenvalue weighted by molar-refractivity contribution is 0.0929. The number of hydrogen-bond acceptors (Lipinski definition) is 6. The maximum Gasteiger partial charge on any atom is 0.331 e. The van der Waals surface area contributed by atoms with Crippen LogP contribution in [0.3, 0.4) is 0 Å². The van der Waals surface area contributed by atoms with E-state index in [-0.39, 0.29) is 18.0 Å². The highest BCUT2D eigenvalue weighted by atomic mass is 32.1. The molecule has 38 heavy (non-hydrogen) atoms. The number of ether oxygens (including phenoxy) is 1. The molecule has 2 aliphatic rings. The van der Waals surface area contributed by atoms with Gasteiger partial charge >= 0.3 is 6.03 Å². The highest BCUT2D eigenvalue weighted by Gasteiger charge is 2.34. The van der Waals surface area contributed by atoms with Crippen molar-refractivity contribution in [1.82, 2.24) is 15.6 Å². The van der Waals surface area contributed by atoms with Crippen LogP contribution in [-0.4, -0.2) is 36.1 Å². The molecule has 9 heteroatoms. The van der Waals surface area contributed by atoms with Crippen LogP contribution >= 0.6 is 11.3 Å². The van der Waals surface area contributed by atoms with Gasteiger partial charge in [0.05, 0.1) is 22.4 Å². The Balaban J connectivity index is 1.30. The zero-order valence-corrected chi connectivity index (χ0v) is 22.1. The van der Waals surface area contributed by atoms with Crippen LogP contribution in [0.1, 0.15) is 40.9 Å². The minimum Gasteiger partial charge on any atom is -0.457 e. The van der Waals surface area contributed by atoms with Gasteiger partial charge in [0, 0.05) is 18.3 Å². The third-order valence-corrected chi connectivity index (χ3v) is 8.41. The first-order chi connectivity index (χ1) is 18.5. The number of pyridine rings is 1. The number of rotatable bonds is 6. The second kappa shape index (κ2) is 10.1. The van der Waals surface area contributed by atoms with E-state index in [0.717, 1.165) is 48.1 Å². The van der Waals surface area contributed by atoms with Gasteiger partial charge in [0.1, 0.15) is 21.2 Å². The van der Waals surface area contributed by atoms with E-state index in [4.69, 9.17) is 4.74 Å². The van der Waals surface area contributed by atoms with Crippen molar-refractivity contribution in [1.29, 1.82) is 0 Å². The fourth-order valence-corrected chi connectivity index (χ4v) is 6.35. The zero-order chi connectivity index (χ0) is 26.2. The van der Waals surface area contributed by atoms with Crippen molar-refractivity contribution in [3.05, 3.63) is 71.2 Å². The second-order valence-corrected chi connectivity index (χ2v) is 10.8. The van der Waals surface area contributed by atoms with Gasteiger partial charge in [-0.15, -0.1) is 11.3 Å². The third-order valence-electron chi connectivity index (χ3n) is 7.31. The summed E-state index contributed by atoms with van der Waals surface area (Å²) in [6.07, 6.45) is 5.63. The number of aromatic nitrogens is 1. The Morgan fingerprint density at radius 2 is 1.79 bits per heavy atom. The zero-order valence-electron chi connectivity index (χ0n) is 21.3. The van der Waals surface area contributed by atoms with Crippen molar-refractivity contribution in [2.24, 2.45) is 0 Å². The van der Waals surface area contributed by atoms with Crippen LogP contribution in [0.2, 0.25) is 0 Å². The van der Waals surface area contributed by atoms with Crippen molar-refractivity contribution in [3.8, 4) is 11.5 Å². The molecule has 1 aliphatic heterocycles. The van der Waals surface area contributed by atoms with E-state index in [1.54, 1.807) is 11.1 Å². The van der Waals surface area contributed by atoms with Crippen LogP contribution in [0.25, 0.3) is 10.2 Å². The van der Waals surface area contributed by atoms with E-state index in [2.05, 4.69) is 20.9 Å². The first-order valence-corrected chi connectivity index (χ1v) is 13.7. The number of anilines is 3. The van der Waals surface area contributed by atoms with Crippen LogP contribution in [-0.2, 0) is 0 Å². The number of para-hydroxylation sites is 1. The van der Waals surface area contributed by atoms with Gasteiger partial charge < -0.3 is 20.7 Å². The van der Waals surface area contributed by atoms with E-state index < -0.39 is 0 Å². The molecule has 0 radical (unpaired) electrons. The number of urea groups is 1. The monoisotopic (exact) mass is 527 g/mol. The van der Waals surface area contributed by atoms with E-state index in [9.17, 15) is 9.59 Å². The lowest BCUT2D eigenvalue weighted by Gasteiger charge is -2.30. The molecule has 3 N–H and O–H groups in total. The molecule has 4 aromatic rings. The van der Waals surface area contributed by atoms with Gasteiger partial charge in [-0.05, 0) is 81.6 Å². The minimum atomic E-state index is -0.313. The van der Waals surface area contributed by atoms with Crippen LogP contribution in [0.4, 0.5) is 21.9 Å². The molecule has 3 heterocycles. The maximum atomic E-state index is 13.5. The van der Waals surface area contributed by atoms with E-state index in [1.165, 1.54) is 11.3 Å². The SMILES string of the molecule is CNC1CCC(NC(=O)c2sc3nccc4c3c2NC(=O)N4c2ccc(Oc3ccccc3)cc2C)CC1. The smallest absolute Gasteiger partial charge is 0.331 e. The predicted molar refractivity (Wildman–Crippen MR) is 151 cm³/mol. The Labute approximate surface area is 225 Å². The molecule has 3 amide bonds. The lowest BCUT2D eigenvalue weighted by atomic mass is 9.91. The van der Waals surface area contributed by atoms with Crippen LogP contribution in [0, 0.1) is 6.92 Å². The molecular weight excluding hydrogens is 498 g/mol. The van der Waals surface area contributed by atoms with Crippen molar-refractivity contribution < 1.29 is 14.3 Å². The average Bonchev–Trinajstić information content (AvgIpc) is 3.30. The normalized spacial score (nSPS) is 18.8. The molecule has 2 aromatic heterocycles. The number of carbonyl (C=O) groups excluding carboxylic acids is 2. The maximum absolute atomic E-state index is 13.5. The summed E-state index contributed by atoms with van der Waals surface area (Å²) in [6, 6.07) is 17.4.